The van der Waals surface area contributed by atoms with Crippen LogP contribution in [-0.4, -0.2) is 36.4 Å². The Kier molecular flexibility index (Phi) is 8.11. The van der Waals surface area contributed by atoms with Crippen molar-refractivity contribution in [3.8, 4) is 5.75 Å². The van der Waals surface area contributed by atoms with Gasteiger partial charge in [-0.3, -0.25) is 14.5 Å². The average molecular weight is 452 g/mol. The number of amidine groups is 1. The van der Waals surface area contributed by atoms with Gasteiger partial charge in [-0.2, -0.15) is 0 Å². The molecule has 0 fully saturated rings. The van der Waals surface area contributed by atoms with E-state index in [1.807, 2.05) is 37.3 Å². The predicted octanol–water partition coefficient (Wildman–Crippen LogP) is 4.82. The minimum Gasteiger partial charge on any atom is -0.497 e. The number of carbonyl (C=O) groups is 2. The third-order valence-corrected chi connectivity index (χ3v) is 5.89. The molecule has 0 spiro atoms. The Bertz CT molecular complexity index is 1030. The number of thioether (sulfide) groups is 1. The Morgan fingerprint density at radius 1 is 1.22 bits per heavy atom. The number of aliphatic imine (C=N–C) groups is 1. The summed E-state index contributed by atoms with van der Waals surface area (Å²) in [7, 11) is 1.58. The van der Waals surface area contributed by atoms with Crippen LogP contribution >= 0.6 is 11.8 Å². The van der Waals surface area contributed by atoms with Gasteiger partial charge < -0.3 is 10.1 Å². The molecule has 1 aliphatic rings. The molecule has 2 aromatic rings. The van der Waals surface area contributed by atoms with Crippen molar-refractivity contribution in [3.63, 3.8) is 0 Å². The largest absolute Gasteiger partial charge is 0.497 e. The number of anilines is 1. The second-order valence-corrected chi connectivity index (χ2v) is 8.67. The molecule has 0 saturated heterocycles. The predicted molar refractivity (Wildman–Crippen MR) is 132 cm³/mol. The summed E-state index contributed by atoms with van der Waals surface area (Å²) >= 11 is 1.24. The third kappa shape index (κ3) is 5.79. The second-order valence-electron chi connectivity index (χ2n) is 7.73. The molecular formula is C25H29N3O3S. The minimum atomic E-state index is -0.234. The zero-order chi connectivity index (χ0) is 23.1. The topological polar surface area (TPSA) is 71.0 Å². The lowest BCUT2D eigenvalue weighted by atomic mass is 10.0. The quantitative estimate of drug-likeness (QED) is 0.584. The summed E-state index contributed by atoms with van der Waals surface area (Å²) in [5.74, 6) is 0.945. The smallest absolute Gasteiger partial charge is 0.283 e. The minimum absolute atomic E-state index is 0.0840. The van der Waals surface area contributed by atoms with E-state index in [0.29, 0.717) is 34.8 Å². The highest BCUT2D eigenvalue weighted by atomic mass is 32.2. The summed E-state index contributed by atoms with van der Waals surface area (Å²) in [4.78, 5) is 31.5. The molecule has 0 aliphatic carbocycles. The highest BCUT2D eigenvalue weighted by molar-refractivity contribution is 8.14. The van der Waals surface area contributed by atoms with Crippen LogP contribution in [0.15, 0.2) is 59.2 Å². The van der Waals surface area contributed by atoms with Crippen LogP contribution in [0, 0.1) is 0 Å². The van der Waals surface area contributed by atoms with Crippen LogP contribution < -0.4 is 15.0 Å². The SMILES string of the molecule is CCCNC(=O)CSC1=N/C(=C\c2ccc(C(C)C)cc2)C(=O)N1c1cccc(OC)c1. The zero-order valence-electron chi connectivity index (χ0n) is 18.9. The maximum absolute atomic E-state index is 13.3. The normalized spacial score (nSPS) is 14.8. The van der Waals surface area contributed by atoms with Crippen molar-refractivity contribution in [3.05, 3.63) is 65.4 Å². The Morgan fingerprint density at radius 2 is 1.97 bits per heavy atom. The van der Waals surface area contributed by atoms with E-state index < -0.39 is 0 Å². The van der Waals surface area contributed by atoms with Gasteiger partial charge in [-0.15, -0.1) is 0 Å². The van der Waals surface area contributed by atoms with Gasteiger partial charge in [0.05, 0.1) is 18.6 Å². The molecular weight excluding hydrogens is 422 g/mol. The number of hydrogen-bond acceptors (Lipinski definition) is 5. The van der Waals surface area contributed by atoms with Gasteiger partial charge in [-0.05, 0) is 41.7 Å². The molecule has 2 aromatic carbocycles. The van der Waals surface area contributed by atoms with Crippen molar-refractivity contribution >= 4 is 40.5 Å². The van der Waals surface area contributed by atoms with Crippen molar-refractivity contribution in [1.82, 2.24) is 5.32 Å². The maximum atomic E-state index is 13.3. The number of nitrogens with zero attached hydrogens (tertiary/aromatic N) is 2. The van der Waals surface area contributed by atoms with Crippen LogP contribution in [-0.2, 0) is 9.59 Å². The first-order valence-electron chi connectivity index (χ1n) is 10.7. The monoisotopic (exact) mass is 451 g/mol. The lowest BCUT2D eigenvalue weighted by Gasteiger charge is -2.18. The van der Waals surface area contributed by atoms with Gasteiger partial charge in [0.2, 0.25) is 5.91 Å². The van der Waals surface area contributed by atoms with Gasteiger partial charge in [0.25, 0.3) is 5.91 Å². The van der Waals surface area contributed by atoms with Crippen molar-refractivity contribution in [2.45, 2.75) is 33.1 Å². The number of rotatable bonds is 8. The molecule has 0 aromatic heterocycles. The maximum Gasteiger partial charge on any atom is 0.283 e. The molecule has 7 heteroatoms. The average Bonchev–Trinajstić information content (AvgIpc) is 3.11. The fourth-order valence-electron chi connectivity index (χ4n) is 3.15. The van der Waals surface area contributed by atoms with Gasteiger partial charge in [0, 0.05) is 12.6 Å². The molecule has 0 bridgehead atoms. The van der Waals surface area contributed by atoms with Gasteiger partial charge in [-0.1, -0.05) is 62.9 Å². The Balaban J connectivity index is 1.90. The lowest BCUT2D eigenvalue weighted by Crippen LogP contribution is -2.32. The number of ether oxygens (including phenoxy) is 1. The highest BCUT2D eigenvalue weighted by Gasteiger charge is 2.32. The number of amides is 2. The standard InChI is InChI=1S/C25H29N3O3S/c1-5-13-26-23(29)16-32-25-27-22(14-18-9-11-19(12-10-18)17(2)3)24(30)28(25)20-7-6-8-21(15-20)31-4/h6-12,14-15,17H,5,13,16H2,1-4H3,(H,26,29)/b22-14-. The molecule has 1 N–H and O–H groups in total. The zero-order valence-corrected chi connectivity index (χ0v) is 19.7. The van der Waals surface area contributed by atoms with E-state index in [0.717, 1.165) is 12.0 Å². The Hall–Kier alpha value is -3.06. The van der Waals surface area contributed by atoms with E-state index in [1.165, 1.54) is 22.2 Å². The lowest BCUT2D eigenvalue weighted by molar-refractivity contribution is -0.118. The first-order chi connectivity index (χ1) is 15.4. The van der Waals surface area contributed by atoms with Crippen molar-refractivity contribution < 1.29 is 14.3 Å². The molecule has 2 amide bonds. The number of hydrogen-bond donors (Lipinski definition) is 1. The van der Waals surface area contributed by atoms with Gasteiger partial charge in [0.15, 0.2) is 5.17 Å². The van der Waals surface area contributed by atoms with Gasteiger partial charge in [-0.25, -0.2) is 4.99 Å². The number of methoxy groups -OCH3 is 1. The molecule has 32 heavy (non-hydrogen) atoms. The molecule has 168 valence electrons. The number of nitrogens with one attached hydrogen (secondary N) is 1. The molecule has 0 atom stereocenters. The number of benzene rings is 2. The van der Waals surface area contributed by atoms with Crippen molar-refractivity contribution in [1.29, 1.82) is 0 Å². The molecule has 1 heterocycles. The van der Waals surface area contributed by atoms with E-state index in [9.17, 15) is 9.59 Å². The van der Waals surface area contributed by atoms with Crippen LogP contribution in [0.25, 0.3) is 6.08 Å². The molecule has 0 unspecified atom stereocenters. The second kappa shape index (κ2) is 11.0. The fourth-order valence-corrected chi connectivity index (χ4v) is 3.99. The summed E-state index contributed by atoms with van der Waals surface area (Å²) in [5, 5.41) is 3.33. The molecule has 0 radical (unpaired) electrons. The first kappa shape index (κ1) is 23.6. The van der Waals surface area contributed by atoms with Crippen LogP contribution in [0.1, 0.15) is 44.2 Å². The van der Waals surface area contributed by atoms with E-state index in [2.05, 4.69) is 36.3 Å². The van der Waals surface area contributed by atoms with Crippen LogP contribution in [0.4, 0.5) is 5.69 Å². The van der Waals surface area contributed by atoms with E-state index >= 15 is 0 Å². The Labute approximate surface area is 193 Å². The van der Waals surface area contributed by atoms with Crippen molar-refractivity contribution in [2.75, 3.05) is 24.3 Å². The van der Waals surface area contributed by atoms with Gasteiger partial charge >= 0.3 is 0 Å². The van der Waals surface area contributed by atoms with Crippen molar-refractivity contribution in [2.24, 2.45) is 4.99 Å². The van der Waals surface area contributed by atoms with Crippen LogP contribution in [0.5, 0.6) is 5.75 Å². The molecule has 3 rings (SSSR count). The highest BCUT2D eigenvalue weighted by Crippen LogP contribution is 2.31. The fraction of sp³-hybridized carbons (Fsp3) is 0.320. The van der Waals surface area contributed by atoms with E-state index in [4.69, 9.17) is 4.74 Å². The summed E-state index contributed by atoms with van der Waals surface area (Å²) < 4.78 is 5.32. The molecule has 0 saturated carbocycles. The summed E-state index contributed by atoms with van der Waals surface area (Å²) in [6, 6.07) is 15.4. The molecule has 6 nitrogen and oxygen atoms in total. The van der Waals surface area contributed by atoms with E-state index in [-0.39, 0.29) is 17.6 Å². The van der Waals surface area contributed by atoms with Crippen LogP contribution in [0.2, 0.25) is 0 Å². The third-order valence-electron chi connectivity index (χ3n) is 4.95. The number of carbonyl (C=O) groups excluding carboxylic acids is 2. The van der Waals surface area contributed by atoms with Crippen LogP contribution in [0.3, 0.4) is 0 Å². The summed E-state index contributed by atoms with van der Waals surface area (Å²) in [6.07, 6.45) is 2.65. The van der Waals surface area contributed by atoms with E-state index in [1.54, 1.807) is 19.3 Å². The Morgan fingerprint density at radius 3 is 2.62 bits per heavy atom. The first-order valence-corrected chi connectivity index (χ1v) is 11.7. The molecule has 1 aliphatic heterocycles. The summed E-state index contributed by atoms with van der Waals surface area (Å²) in [6.45, 7) is 6.92. The van der Waals surface area contributed by atoms with Gasteiger partial charge in [0.1, 0.15) is 11.4 Å². The summed E-state index contributed by atoms with van der Waals surface area (Å²) in [5.41, 5.74) is 3.12.